The molecule has 1 unspecified atom stereocenters. The molecular formula is C17H22ClN5O5S2. The first-order valence-electron chi connectivity index (χ1n) is 9.45. The summed E-state index contributed by atoms with van der Waals surface area (Å²) in [7, 11) is -3.54. The number of amides is 1. The number of rotatable bonds is 5. The van der Waals surface area contributed by atoms with Crippen LogP contribution in [0.15, 0.2) is 6.07 Å². The summed E-state index contributed by atoms with van der Waals surface area (Å²) in [6, 6.07) is 1.44. The molecule has 2 aliphatic rings. The number of fused-ring (bicyclic) bond motifs is 1. The molecule has 1 atom stereocenters. The van der Waals surface area contributed by atoms with E-state index in [4.69, 9.17) is 16.3 Å². The predicted octanol–water partition coefficient (Wildman–Crippen LogP) is 1.70. The van der Waals surface area contributed by atoms with Crippen LogP contribution in [0.2, 0.25) is 5.28 Å². The van der Waals surface area contributed by atoms with Crippen molar-refractivity contribution in [1.29, 1.82) is 0 Å². The number of aromatic nitrogens is 2. The second-order valence-electron chi connectivity index (χ2n) is 7.32. The van der Waals surface area contributed by atoms with Crippen LogP contribution in [0.1, 0.15) is 11.3 Å². The molecule has 0 radical (unpaired) electrons. The lowest BCUT2D eigenvalue weighted by Gasteiger charge is -2.28. The maximum atomic E-state index is 12.5. The van der Waals surface area contributed by atoms with E-state index in [2.05, 4.69) is 14.9 Å². The van der Waals surface area contributed by atoms with Gasteiger partial charge in [0.25, 0.3) is 0 Å². The summed E-state index contributed by atoms with van der Waals surface area (Å²) in [5.74, 6) is 0.730. The highest BCUT2D eigenvalue weighted by atomic mass is 35.5. The molecule has 0 aromatic carbocycles. The lowest BCUT2D eigenvalue weighted by Crippen LogP contribution is -2.41. The highest BCUT2D eigenvalue weighted by Crippen LogP contribution is 2.35. The molecule has 0 spiro atoms. The number of halogens is 1. The van der Waals surface area contributed by atoms with E-state index in [9.17, 15) is 18.3 Å². The molecule has 2 saturated heterocycles. The zero-order valence-electron chi connectivity index (χ0n) is 16.3. The molecule has 2 aromatic heterocycles. The first-order chi connectivity index (χ1) is 14.2. The molecule has 1 amide bonds. The molecule has 1 N–H and O–H groups in total. The fourth-order valence-electron chi connectivity index (χ4n) is 3.83. The van der Waals surface area contributed by atoms with Crippen molar-refractivity contribution in [3.05, 3.63) is 16.2 Å². The van der Waals surface area contributed by atoms with Crippen LogP contribution in [-0.4, -0.2) is 90.5 Å². The van der Waals surface area contributed by atoms with Crippen molar-refractivity contribution in [2.75, 3.05) is 50.5 Å². The number of anilines is 1. The molecular weight excluding hydrogens is 454 g/mol. The number of morpholine rings is 1. The van der Waals surface area contributed by atoms with E-state index in [-0.39, 0.29) is 18.4 Å². The van der Waals surface area contributed by atoms with Crippen LogP contribution < -0.4 is 4.90 Å². The van der Waals surface area contributed by atoms with E-state index in [0.717, 1.165) is 21.7 Å². The van der Waals surface area contributed by atoms with Gasteiger partial charge in [-0.25, -0.2) is 18.2 Å². The van der Waals surface area contributed by atoms with Crippen molar-refractivity contribution in [1.82, 2.24) is 19.2 Å². The van der Waals surface area contributed by atoms with Crippen molar-refractivity contribution in [3.8, 4) is 0 Å². The third-order valence-electron chi connectivity index (χ3n) is 5.27. The monoisotopic (exact) mass is 475 g/mol. The summed E-state index contributed by atoms with van der Waals surface area (Å²) in [6.07, 6.45) is 0.585. The Hall–Kier alpha value is -1.73. The Morgan fingerprint density at radius 1 is 1.37 bits per heavy atom. The van der Waals surface area contributed by atoms with Crippen LogP contribution in [0.5, 0.6) is 0 Å². The molecule has 10 nitrogen and oxygen atoms in total. The third kappa shape index (κ3) is 4.47. The Morgan fingerprint density at radius 2 is 2.10 bits per heavy atom. The van der Waals surface area contributed by atoms with Crippen LogP contribution in [0.4, 0.5) is 10.6 Å². The largest absolute Gasteiger partial charge is 0.465 e. The fraction of sp³-hybridized carbons (Fsp3) is 0.588. The standard InChI is InChI=1S/C17H22ClN5O5S2/c1-30(26,27)23(11-2-3-22(9-11)17(24)25)10-12-8-13-14(29-12)15(20-16(18)19-13)21-4-6-28-7-5-21/h8,11H,2-7,9-10H2,1H3,(H,24,25). The summed E-state index contributed by atoms with van der Waals surface area (Å²) in [5, 5.41) is 9.34. The van der Waals surface area contributed by atoms with Crippen molar-refractivity contribution < 1.29 is 23.1 Å². The Balaban J connectivity index is 1.64. The van der Waals surface area contributed by atoms with Gasteiger partial charge in [0.1, 0.15) is 0 Å². The second kappa shape index (κ2) is 8.42. The van der Waals surface area contributed by atoms with Gasteiger partial charge in [-0.3, -0.25) is 0 Å². The number of ether oxygens (including phenoxy) is 1. The molecule has 0 aliphatic carbocycles. The van der Waals surface area contributed by atoms with Crippen molar-refractivity contribution >= 4 is 55.1 Å². The highest BCUT2D eigenvalue weighted by molar-refractivity contribution is 7.88. The van der Waals surface area contributed by atoms with Crippen LogP contribution in [0.3, 0.4) is 0 Å². The predicted molar refractivity (Wildman–Crippen MR) is 114 cm³/mol. The van der Waals surface area contributed by atoms with Crippen LogP contribution >= 0.6 is 22.9 Å². The number of hydrogen-bond acceptors (Lipinski definition) is 8. The smallest absolute Gasteiger partial charge is 0.407 e. The van der Waals surface area contributed by atoms with E-state index in [1.165, 1.54) is 20.5 Å². The number of likely N-dealkylation sites (tertiary alicyclic amines) is 1. The first kappa shape index (κ1) is 21.5. The number of carboxylic acid groups (broad SMARTS) is 1. The average Bonchev–Trinajstić information content (AvgIpc) is 3.32. The SMILES string of the molecule is CS(=O)(=O)N(Cc1cc2nc(Cl)nc(N3CCOCC3)c2s1)C1CCN(C(=O)O)C1. The van der Waals surface area contributed by atoms with Gasteiger partial charge in [-0.15, -0.1) is 11.3 Å². The molecule has 0 saturated carbocycles. The van der Waals surface area contributed by atoms with Gasteiger partial charge in [-0.2, -0.15) is 9.29 Å². The summed E-state index contributed by atoms with van der Waals surface area (Å²) in [4.78, 5) is 24.1. The minimum Gasteiger partial charge on any atom is -0.465 e. The van der Waals surface area contributed by atoms with Gasteiger partial charge in [0.15, 0.2) is 5.82 Å². The summed E-state index contributed by atoms with van der Waals surface area (Å²) in [6.45, 7) is 3.23. The molecule has 30 heavy (non-hydrogen) atoms. The van der Waals surface area contributed by atoms with Crippen LogP contribution in [-0.2, 0) is 21.3 Å². The van der Waals surface area contributed by atoms with Crippen molar-refractivity contribution in [3.63, 3.8) is 0 Å². The Bertz CT molecular complexity index is 1060. The minimum atomic E-state index is -3.54. The highest BCUT2D eigenvalue weighted by Gasteiger charge is 2.35. The Labute approximate surface area is 183 Å². The summed E-state index contributed by atoms with van der Waals surface area (Å²) in [5.41, 5.74) is 0.670. The molecule has 2 aliphatic heterocycles. The Morgan fingerprint density at radius 3 is 2.73 bits per heavy atom. The molecule has 13 heteroatoms. The number of thiophene rings is 1. The molecule has 4 heterocycles. The maximum absolute atomic E-state index is 12.5. The number of hydrogen-bond donors (Lipinski definition) is 1. The van der Waals surface area contributed by atoms with E-state index >= 15 is 0 Å². The van der Waals surface area contributed by atoms with Crippen LogP contribution in [0, 0.1) is 0 Å². The molecule has 164 valence electrons. The lowest BCUT2D eigenvalue weighted by atomic mass is 10.2. The third-order valence-corrected chi connectivity index (χ3v) is 7.82. The van der Waals surface area contributed by atoms with Gasteiger partial charge in [0.2, 0.25) is 15.3 Å². The summed E-state index contributed by atoms with van der Waals surface area (Å²) < 4.78 is 32.6. The fourth-order valence-corrected chi connectivity index (χ4v) is 6.28. The van der Waals surface area contributed by atoms with Gasteiger partial charge in [0.05, 0.1) is 29.7 Å². The minimum absolute atomic E-state index is 0.140. The topological polar surface area (TPSA) is 116 Å². The van der Waals surface area contributed by atoms with Gasteiger partial charge in [-0.05, 0) is 24.1 Å². The van der Waals surface area contributed by atoms with E-state index < -0.39 is 22.2 Å². The average molecular weight is 476 g/mol. The molecule has 0 bridgehead atoms. The second-order valence-corrected chi connectivity index (χ2v) is 10.7. The van der Waals surface area contributed by atoms with Crippen molar-refractivity contribution in [2.45, 2.75) is 19.0 Å². The van der Waals surface area contributed by atoms with Gasteiger partial charge < -0.3 is 19.6 Å². The number of nitrogens with zero attached hydrogens (tertiary/aromatic N) is 5. The molecule has 4 rings (SSSR count). The quantitative estimate of drug-likeness (QED) is 0.649. The maximum Gasteiger partial charge on any atom is 0.407 e. The Kier molecular flexibility index (Phi) is 6.04. The number of carbonyl (C=O) groups is 1. The van der Waals surface area contributed by atoms with Crippen molar-refractivity contribution in [2.24, 2.45) is 0 Å². The van der Waals surface area contributed by atoms with Gasteiger partial charge >= 0.3 is 6.09 Å². The lowest BCUT2D eigenvalue weighted by molar-refractivity contribution is 0.122. The first-order valence-corrected chi connectivity index (χ1v) is 12.5. The van der Waals surface area contributed by atoms with E-state index in [1.54, 1.807) is 0 Å². The molecule has 2 fully saturated rings. The number of sulfonamides is 1. The summed E-state index contributed by atoms with van der Waals surface area (Å²) >= 11 is 7.57. The molecule has 2 aromatic rings. The van der Waals surface area contributed by atoms with Crippen LogP contribution in [0.25, 0.3) is 10.2 Å². The zero-order valence-corrected chi connectivity index (χ0v) is 18.7. The van der Waals surface area contributed by atoms with E-state index in [0.29, 0.717) is 44.8 Å². The van der Waals surface area contributed by atoms with Gasteiger partial charge in [-0.1, -0.05) is 0 Å². The van der Waals surface area contributed by atoms with E-state index in [1.807, 2.05) is 6.07 Å². The zero-order chi connectivity index (χ0) is 21.5. The normalized spacial score (nSPS) is 20.4. The van der Waals surface area contributed by atoms with Gasteiger partial charge in [0, 0.05) is 43.6 Å².